The largest absolute Gasteiger partial charge is 0.341 e. The molecule has 3 rings (SSSR count). The molecule has 0 N–H and O–H groups in total. The molecule has 1 amide bonds. The second kappa shape index (κ2) is 8.30. The number of carbonyl (C=O) groups excluding carboxylic acids is 1. The maximum absolute atomic E-state index is 12.4. The monoisotopic (exact) mass is 340 g/mol. The molecule has 1 saturated heterocycles. The topological polar surface area (TPSA) is 41.4 Å². The number of nitrogens with zero attached hydrogens (tertiary/aromatic N) is 4. The van der Waals surface area contributed by atoms with E-state index < -0.39 is 0 Å². The Morgan fingerprint density at radius 2 is 2.12 bits per heavy atom. The fourth-order valence-electron chi connectivity index (χ4n) is 3.47. The lowest BCUT2D eigenvalue weighted by Gasteiger charge is -2.31. The van der Waals surface area contributed by atoms with Gasteiger partial charge in [-0.2, -0.15) is 5.10 Å². The highest BCUT2D eigenvalue weighted by molar-refractivity contribution is 5.76. The van der Waals surface area contributed by atoms with Crippen molar-refractivity contribution in [2.45, 2.75) is 32.7 Å². The van der Waals surface area contributed by atoms with Crippen molar-refractivity contribution >= 4 is 5.91 Å². The zero-order valence-electron chi connectivity index (χ0n) is 15.3. The molecule has 0 bridgehead atoms. The summed E-state index contributed by atoms with van der Waals surface area (Å²) in [6, 6.07) is 10.1. The van der Waals surface area contributed by atoms with Gasteiger partial charge in [-0.05, 0) is 49.1 Å². The van der Waals surface area contributed by atoms with Crippen LogP contribution in [0.1, 0.15) is 31.7 Å². The van der Waals surface area contributed by atoms with Gasteiger partial charge < -0.3 is 9.80 Å². The number of likely N-dealkylation sites (tertiary alicyclic amines) is 1. The third-order valence-electron chi connectivity index (χ3n) is 4.93. The number of rotatable bonds is 6. The average Bonchev–Trinajstić information content (AvgIpc) is 3.15. The molecular formula is C20H28N4O. The van der Waals surface area contributed by atoms with Gasteiger partial charge in [-0.15, -0.1) is 0 Å². The van der Waals surface area contributed by atoms with Crippen LogP contribution in [0.5, 0.6) is 0 Å². The average molecular weight is 340 g/mol. The Balaban J connectivity index is 1.47. The molecule has 0 unspecified atom stereocenters. The van der Waals surface area contributed by atoms with Crippen molar-refractivity contribution in [3.63, 3.8) is 0 Å². The number of piperidine rings is 1. The molecule has 2 aromatic rings. The van der Waals surface area contributed by atoms with Crippen LogP contribution in [-0.2, 0) is 11.3 Å². The Morgan fingerprint density at radius 3 is 2.80 bits per heavy atom. The summed E-state index contributed by atoms with van der Waals surface area (Å²) >= 11 is 0. The molecule has 1 aliphatic rings. The van der Waals surface area contributed by atoms with E-state index in [0.717, 1.165) is 36.8 Å². The molecule has 1 aliphatic heterocycles. The van der Waals surface area contributed by atoms with Crippen LogP contribution in [0.2, 0.25) is 0 Å². The van der Waals surface area contributed by atoms with Crippen LogP contribution in [0.25, 0.3) is 5.69 Å². The molecule has 1 aromatic heterocycles. The minimum absolute atomic E-state index is 0.217. The molecule has 0 saturated carbocycles. The van der Waals surface area contributed by atoms with Gasteiger partial charge in [0.2, 0.25) is 5.91 Å². The molecular weight excluding hydrogens is 312 g/mol. The number of hydrogen-bond donors (Lipinski definition) is 0. The fraction of sp³-hybridized carbons (Fsp3) is 0.500. The van der Waals surface area contributed by atoms with Crippen molar-refractivity contribution in [1.82, 2.24) is 19.6 Å². The molecule has 1 fully saturated rings. The number of amides is 1. The zero-order chi connectivity index (χ0) is 17.6. The van der Waals surface area contributed by atoms with E-state index in [0.29, 0.717) is 13.0 Å². The predicted octanol–water partition coefficient (Wildman–Crippen LogP) is 2.95. The molecule has 0 spiro atoms. The van der Waals surface area contributed by atoms with Gasteiger partial charge in [-0.25, -0.2) is 4.68 Å². The summed E-state index contributed by atoms with van der Waals surface area (Å²) in [4.78, 5) is 16.7. The highest BCUT2D eigenvalue weighted by atomic mass is 16.2. The number of carbonyl (C=O) groups is 1. The maximum Gasteiger partial charge on any atom is 0.223 e. The van der Waals surface area contributed by atoms with Crippen LogP contribution in [0.15, 0.2) is 42.7 Å². The zero-order valence-corrected chi connectivity index (χ0v) is 15.3. The van der Waals surface area contributed by atoms with E-state index >= 15 is 0 Å². The van der Waals surface area contributed by atoms with Crippen LogP contribution in [0.4, 0.5) is 0 Å². The third kappa shape index (κ3) is 4.92. The summed E-state index contributed by atoms with van der Waals surface area (Å²) in [6.45, 7) is 6.09. The quantitative estimate of drug-likeness (QED) is 0.812. The van der Waals surface area contributed by atoms with Gasteiger partial charge in [0.05, 0.1) is 5.69 Å². The molecule has 2 heterocycles. The van der Waals surface area contributed by atoms with Gasteiger partial charge in [0.15, 0.2) is 0 Å². The standard InChI is InChI=1S/C20H28N4O/c1-17-5-3-12-23(15-17)14-10-20(25)22(2)16-18-6-8-19(9-7-18)24-13-4-11-21-24/h4,6-9,11,13,17H,3,5,10,12,14-16H2,1-2H3/t17-/m1/s1. The number of benzene rings is 1. The molecule has 1 atom stereocenters. The molecule has 0 radical (unpaired) electrons. The second-order valence-electron chi connectivity index (χ2n) is 7.16. The van der Waals surface area contributed by atoms with Crippen molar-refractivity contribution in [1.29, 1.82) is 0 Å². The van der Waals surface area contributed by atoms with E-state index in [9.17, 15) is 4.79 Å². The van der Waals surface area contributed by atoms with Gasteiger partial charge in [0.1, 0.15) is 0 Å². The van der Waals surface area contributed by atoms with Crippen molar-refractivity contribution < 1.29 is 4.79 Å². The summed E-state index contributed by atoms with van der Waals surface area (Å²) in [7, 11) is 1.89. The first kappa shape index (κ1) is 17.7. The van der Waals surface area contributed by atoms with E-state index in [-0.39, 0.29) is 5.91 Å². The lowest BCUT2D eigenvalue weighted by atomic mass is 10.0. The van der Waals surface area contributed by atoms with Crippen molar-refractivity contribution in [2.24, 2.45) is 5.92 Å². The Morgan fingerprint density at radius 1 is 1.32 bits per heavy atom. The normalized spacial score (nSPS) is 18.2. The number of hydrogen-bond acceptors (Lipinski definition) is 3. The van der Waals surface area contributed by atoms with Crippen LogP contribution >= 0.6 is 0 Å². The SMILES string of the molecule is C[C@@H]1CCCN(CCC(=O)N(C)Cc2ccc(-n3cccn3)cc2)C1. The molecule has 5 nitrogen and oxygen atoms in total. The van der Waals surface area contributed by atoms with E-state index in [2.05, 4.69) is 29.1 Å². The number of aromatic nitrogens is 2. The summed E-state index contributed by atoms with van der Waals surface area (Å²) in [5.74, 6) is 0.976. The van der Waals surface area contributed by atoms with Crippen LogP contribution in [-0.4, -0.2) is 52.2 Å². The first-order valence-corrected chi connectivity index (χ1v) is 9.17. The first-order chi connectivity index (χ1) is 12.1. The highest BCUT2D eigenvalue weighted by Gasteiger charge is 2.18. The Kier molecular flexibility index (Phi) is 5.87. The minimum Gasteiger partial charge on any atom is -0.341 e. The van der Waals surface area contributed by atoms with Crippen LogP contribution in [0, 0.1) is 5.92 Å². The van der Waals surface area contributed by atoms with Crippen molar-refractivity contribution in [3.05, 3.63) is 48.3 Å². The predicted molar refractivity (Wildman–Crippen MR) is 99.5 cm³/mol. The summed E-state index contributed by atoms with van der Waals surface area (Å²) in [6.07, 6.45) is 6.87. The fourth-order valence-corrected chi connectivity index (χ4v) is 3.47. The first-order valence-electron chi connectivity index (χ1n) is 9.17. The summed E-state index contributed by atoms with van der Waals surface area (Å²) in [5.41, 5.74) is 2.17. The van der Waals surface area contributed by atoms with Gasteiger partial charge in [0, 0.05) is 45.5 Å². The van der Waals surface area contributed by atoms with Gasteiger partial charge in [-0.3, -0.25) is 4.79 Å². The highest BCUT2D eigenvalue weighted by Crippen LogP contribution is 2.16. The molecule has 25 heavy (non-hydrogen) atoms. The Labute approximate surface area is 150 Å². The molecule has 134 valence electrons. The molecule has 0 aliphatic carbocycles. The Bertz CT molecular complexity index is 666. The van der Waals surface area contributed by atoms with Gasteiger partial charge >= 0.3 is 0 Å². The molecule has 1 aromatic carbocycles. The maximum atomic E-state index is 12.4. The minimum atomic E-state index is 0.217. The van der Waals surface area contributed by atoms with Crippen LogP contribution < -0.4 is 0 Å². The van der Waals surface area contributed by atoms with Gasteiger partial charge in [0.25, 0.3) is 0 Å². The van der Waals surface area contributed by atoms with E-state index in [1.165, 1.54) is 12.8 Å². The third-order valence-corrected chi connectivity index (χ3v) is 4.93. The van der Waals surface area contributed by atoms with Gasteiger partial charge in [-0.1, -0.05) is 19.1 Å². The van der Waals surface area contributed by atoms with Crippen molar-refractivity contribution in [3.8, 4) is 5.69 Å². The Hall–Kier alpha value is -2.14. The lowest BCUT2D eigenvalue weighted by Crippen LogP contribution is -2.37. The van der Waals surface area contributed by atoms with E-state index in [4.69, 9.17) is 0 Å². The van der Waals surface area contributed by atoms with Crippen molar-refractivity contribution in [2.75, 3.05) is 26.7 Å². The smallest absolute Gasteiger partial charge is 0.223 e. The lowest BCUT2D eigenvalue weighted by molar-refractivity contribution is -0.130. The summed E-state index contributed by atoms with van der Waals surface area (Å²) < 4.78 is 1.83. The second-order valence-corrected chi connectivity index (χ2v) is 7.16. The summed E-state index contributed by atoms with van der Waals surface area (Å²) in [5, 5.41) is 4.23. The van der Waals surface area contributed by atoms with Crippen LogP contribution in [0.3, 0.4) is 0 Å². The van der Waals surface area contributed by atoms with E-state index in [1.807, 2.05) is 41.0 Å². The van der Waals surface area contributed by atoms with E-state index in [1.54, 1.807) is 6.20 Å². The molecule has 5 heteroatoms.